The van der Waals surface area contributed by atoms with Crippen LogP contribution in [0.4, 0.5) is 11.8 Å². The van der Waals surface area contributed by atoms with Crippen LogP contribution in [0, 0.1) is 11.8 Å². The lowest BCUT2D eigenvalue weighted by atomic mass is 9.96. The average Bonchev–Trinajstić information content (AvgIpc) is 3.41. The SMILES string of the molecule is CN(C)c1nc2c(c(N3CC(NC(=O)CN)C(C4CC4)C3)n1)CCCC2. The molecule has 7 heteroatoms. The van der Waals surface area contributed by atoms with Crippen molar-refractivity contribution in [3.8, 4) is 0 Å². The molecule has 1 saturated carbocycles. The van der Waals surface area contributed by atoms with E-state index in [-0.39, 0.29) is 18.5 Å². The normalized spacial score (nSPS) is 25.1. The summed E-state index contributed by atoms with van der Waals surface area (Å²) in [4.78, 5) is 26.0. The maximum Gasteiger partial charge on any atom is 0.234 e. The Hall–Kier alpha value is -1.89. The number of anilines is 2. The number of aryl methyl sites for hydroxylation is 1. The lowest BCUT2D eigenvalue weighted by Crippen LogP contribution is -2.44. The first-order valence-electron chi connectivity index (χ1n) is 9.88. The number of nitrogens with two attached hydrogens (primary N) is 1. The van der Waals surface area contributed by atoms with Crippen molar-refractivity contribution in [3.05, 3.63) is 11.3 Å². The first-order valence-corrected chi connectivity index (χ1v) is 9.88. The molecule has 1 aromatic rings. The molecule has 142 valence electrons. The van der Waals surface area contributed by atoms with Crippen molar-refractivity contribution in [3.63, 3.8) is 0 Å². The Balaban J connectivity index is 1.64. The van der Waals surface area contributed by atoms with E-state index in [1.165, 1.54) is 36.9 Å². The fourth-order valence-corrected chi connectivity index (χ4v) is 4.45. The molecule has 7 nitrogen and oxygen atoms in total. The van der Waals surface area contributed by atoms with Gasteiger partial charge in [-0.1, -0.05) is 0 Å². The number of aromatic nitrogens is 2. The minimum Gasteiger partial charge on any atom is -0.354 e. The quantitative estimate of drug-likeness (QED) is 0.806. The molecular weight excluding hydrogens is 328 g/mol. The summed E-state index contributed by atoms with van der Waals surface area (Å²) in [6.45, 7) is 1.85. The molecule has 0 aromatic carbocycles. The van der Waals surface area contributed by atoms with Crippen LogP contribution in [0.1, 0.15) is 36.9 Å². The summed E-state index contributed by atoms with van der Waals surface area (Å²) in [5.41, 5.74) is 8.06. The zero-order chi connectivity index (χ0) is 18.3. The van der Waals surface area contributed by atoms with Crippen molar-refractivity contribution in [2.75, 3.05) is 43.5 Å². The van der Waals surface area contributed by atoms with E-state index in [0.717, 1.165) is 43.6 Å². The fraction of sp³-hybridized carbons (Fsp3) is 0.737. The highest BCUT2D eigenvalue weighted by atomic mass is 16.1. The first-order chi connectivity index (χ1) is 12.6. The molecule has 0 radical (unpaired) electrons. The second-order valence-corrected chi connectivity index (χ2v) is 8.16. The maximum absolute atomic E-state index is 11.9. The Labute approximate surface area is 155 Å². The van der Waals surface area contributed by atoms with Crippen LogP contribution >= 0.6 is 0 Å². The van der Waals surface area contributed by atoms with Crippen molar-refractivity contribution in [1.82, 2.24) is 15.3 Å². The number of carbonyl (C=O) groups is 1. The molecule has 0 spiro atoms. The van der Waals surface area contributed by atoms with Crippen LogP contribution in [-0.2, 0) is 17.6 Å². The van der Waals surface area contributed by atoms with Gasteiger partial charge in [-0.3, -0.25) is 4.79 Å². The molecule has 0 bridgehead atoms. The van der Waals surface area contributed by atoms with Gasteiger partial charge >= 0.3 is 0 Å². The average molecular weight is 358 g/mol. The number of amides is 1. The number of carbonyl (C=O) groups excluding carboxylic acids is 1. The van der Waals surface area contributed by atoms with Crippen molar-refractivity contribution < 1.29 is 4.79 Å². The van der Waals surface area contributed by atoms with E-state index in [2.05, 4.69) is 10.2 Å². The summed E-state index contributed by atoms with van der Waals surface area (Å²) in [5, 5.41) is 3.16. The van der Waals surface area contributed by atoms with Crippen LogP contribution in [0.25, 0.3) is 0 Å². The van der Waals surface area contributed by atoms with Crippen LogP contribution < -0.4 is 20.9 Å². The molecule has 3 aliphatic rings. The number of hydrogen-bond donors (Lipinski definition) is 2. The summed E-state index contributed by atoms with van der Waals surface area (Å²) in [7, 11) is 3.99. The zero-order valence-corrected chi connectivity index (χ0v) is 15.9. The standard InChI is InChI=1S/C19H30N6O/c1-24(2)19-22-15-6-4-3-5-13(15)18(23-19)25-10-14(12-7-8-12)16(11-25)21-17(26)9-20/h12,14,16H,3-11,20H2,1-2H3,(H,21,26). The monoisotopic (exact) mass is 358 g/mol. The van der Waals surface area contributed by atoms with Crippen molar-refractivity contribution in [1.29, 1.82) is 0 Å². The Morgan fingerprint density at radius 3 is 2.69 bits per heavy atom. The van der Waals surface area contributed by atoms with Gasteiger partial charge in [0.2, 0.25) is 11.9 Å². The van der Waals surface area contributed by atoms with Gasteiger partial charge in [-0.2, -0.15) is 4.98 Å². The molecule has 1 saturated heterocycles. The summed E-state index contributed by atoms with van der Waals surface area (Å²) in [6, 6.07) is 0.176. The van der Waals surface area contributed by atoms with Crippen LogP contribution in [0.3, 0.4) is 0 Å². The number of nitrogens with zero attached hydrogens (tertiary/aromatic N) is 4. The summed E-state index contributed by atoms with van der Waals surface area (Å²) in [6.07, 6.45) is 7.06. The number of rotatable bonds is 5. The van der Waals surface area contributed by atoms with Crippen LogP contribution in [-0.4, -0.2) is 55.6 Å². The van der Waals surface area contributed by atoms with Crippen LogP contribution in [0.15, 0.2) is 0 Å². The van der Waals surface area contributed by atoms with Crippen molar-refractivity contribution in [2.45, 2.75) is 44.6 Å². The van der Waals surface area contributed by atoms with Crippen molar-refractivity contribution >= 4 is 17.7 Å². The van der Waals surface area contributed by atoms with E-state index in [1.54, 1.807) is 0 Å². The number of hydrogen-bond acceptors (Lipinski definition) is 6. The maximum atomic E-state index is 11.9. The van der Waals surface area contributed by atoms with Gasteiger partial charge in [0.1, 0.15) is 5.82 Å². The molecule has 1 aromatic heterocycles. The van der Waals surface area contributed by atoms with E-state index < -0.39 is 0 Å². The predicted molar refractivity (Wildman–Crippen MR) is 102 cm³/mol. The van der Waals surface area contributed by atoms with Crippen LogP contribution in [0.5, 0.6) is 0 Å². The topological polar surface area (TPSA) is 87.4 Å². The zero-order valence-electron chi connectivity index (χ0n) is 15.9. The molecule has 2 unspecified atom stereocenters. The van der Waals surface area contributed by atoms with Crippen LogP contribution in [0.2, 0.25) is 0 Å². The fourth-order valence-electron chi connectivity index (χ4n) is 4.45. The third kappa shape index (κ3) is 3.37. The molecule has 4 rings (SSSR count). The highest BCUT2D eigenvalue weighted by Gasteiger charge is 2.44. The van der Waals surface area contributed by atoms with Gasteiger partial charge in [0.05, 0.1) is 18.3 Å². The Morgan fingerprint density at radius 2 is 2.00 bits per heavy atom. The van der Waals surface area contributed by atoms with Gasteiger partial charge in [-0.15, -0.1) is 0 Å². The minimum absolute atomic E-state index is 0.0544. The molecule has 3 N–H and O–H groups in total. The van der Waals surface area contributed by atoms with E-state index in [9.17, 15) is 4.79 Å². The second-order valence-electron chi connectivity index (χ2n) is 8.16. The molecule has 2 aliphatic carbocycles. The molecule has 2 fully saturated rings. The Kier molecular flexibility index (Phi) is 4.73. The summed E-state index contributed by atoms with van der Waals surface area (Å²) >= 11 is 0. The molecule has 1 amide bonds. The molecule has 26 heavy (non-hydrogen) atoms. The third-order valence-corrected chi connectivity index (χ3v) is 5.97. The molecule has 2 atom stereocenters. The lowest BCUT2D eigenvalue weighted by Gasteiger charge is -2.26. The molecule has 2 heterocycles. The highest BCUT2D eigenvalue weighted by Crippen LogP contribution is 2.43. The Morgan fingerprint density at radius 1 is 1.23 bits per heavy atom. The summed E-state index contributed by atoms with van der Waals surface area (Å²) < 4.78 is 0. The van der Waals surface area contributed by atoms with E-state index in [1.807, 2.05) is 19.0 Å². The predicted octanol–water partition coefficient (Wildman–Crippen LogP) is 0.711. The van der Waals surface area contributed by atoms with E-state index in [0.29, 0.717) is 5.92 Å². The van der Waals surface area contributed by atoms with Gasteiger partial charge in [0.25, 0.3) is 0 Å². The highest BCUT2D eigenvalue weighted by molar-refractivity contribution is 5.78. The largest absolute Gasteiger partial charge is 0.354 e. The molecule has 1 aliphatic heterocycles. The van der Waals surface area contributed by atoms with E-state index in [4.69, 9.17) is 15.7 Å². The third-order valence-electron chi connectivity index (χ3n) is 5.97. The van der Waals surface area contributed by atoms with Gasteiger partial charge in [0, 0.05) is 38.7 Å². The van der Waals surface area contributed by atoms with Gasteiger partial charge in [-0.05, 0) is 44.4 Å². The van der Waals surface area contributed by atoms with Gasteiger partial charge in [0.15, 0.2) is 0 Å². The first kappa shape index (κ1) is 17.5. The van der Waals surface area contributed by atoms with Gasteiger partial charge < -0.3 is 20.9 Å². The van der Waals surface area contributed by atoms with E-state index >= 15 is 0 Å². The second kappa shape index (κ2) is 7.02. The number of nitrogens with one attached hydrogen (secondary N) is 1. The summed E-state index contributed by atoms with van der Waals surface area (Å²) in [5.74, 6) is 3.06. The Bertz CT molecular complexity index is 687. The van der Waals surface area contributed by atoms with Crippen molar-refractivity contribution in [2.24, 2.45) is 17.6 Å². The smallest absolute Gasteiger partial charge is 0.234 e. The minimum atomic E-state index is -0.0544. The number of fused-ring (bicyclic) bond motifs is 1. The molecular formula is C19H30N6O. The van der Waals surface area contributed by atoms with Gasteiger partial charge in [-0.25, -0.2) is 4.98 Å². The lowest BCUT2D eigenvalue weighted by molar-refractivity contribution is -0.120.